The molecular formula is C24H23ClN4O3S. The summed E-state index contributed by atoms with van der Waals surface area (Å²) in [7, 11) is -3.53. The predicted octanol–water partition coefficient (Wildman–Crippen LogP) is 4.35. The van der Waals surface area contributed by atoms with Gasteiger partial charge in [0.25, 0.3) is 5.91 Å². The molecule has 0 spiro atoms. The van der Waals surface area contributed by atoms with Crippen LogP contribution in [0, 0.1) is 6.92 Å². The summed E-state index contributed by atoms with van der Waals surface area (Å²) in [5.74, 6) is 0.358. The number of benzene rings is 3. The second-order valence-electron chi connectivity index (χ2n) is 7.77. The Bertz CT molecular complexity index is 1430. The van der Waals surface area contributed by atoms with Crippen LogP contribution in [0.25, 0.3) is 11.0 Å². The lowest BCUT2D eigenvalue weighted by atomic mass is 10.1. The van der Waals surface area contributed by atoms with Crippen molar-refractivity contribution in [3.63, 3.8) is 0 Å². The van der Waals surface area contributed by atoms with Crippen LogP contribution >= 0.6 is 11.6 Å². The van der Waals surface area contributed by atoms with Crippen molar-refractivity contribution in [1.82, 2.24) is 14.9 Å². The number of halogens is 1. The van der Waals surface area contributed by atoms with Gasteiger partial charge in [-0.1, -0.05) is 60.1 Å². The fourth-order valence-corrected chi connectivity index (χ4v) is 4.45. The summed E-state index contributed by atoms with van der Waals surface area (Å²) in [6.45, 7) is 2.61. The summed E-state index contributed by atoms with van der Waals surface area (Å²) in [6, 6.07) is 20.3. The molecule has 2 N–H and O–H groups in total. The highest BCUT2D eigenvalue weighted by molar-refractivity contribution is 7.92. The van der Waals surface area contributed by atoms with E-state index in [1.165, 1.54) is 6.07 Å². The van der Waals surface area contributed by atoms with Gasteiger partial charge in [-0.2, -0.15) is 0 Å². The Kier molecular flexibility index (Phi) is 6.40. The van der Waals surface area contributed by atoms with Gasteiger partial charge in [0.1, 0.15) is 5.82 Å². The molecule has 0 aliphatic carbocycles. The molecule has 1 aromatic heterocycles. The highest BCUT2D eigenvalue weighted by Crippen LogP contribution is 2.27. The van der Waals surface area contributed by atoms with E-state index in [2.05, 4.69) is 15.0 Å². The highest BCUT2D eigenvalue weighted by Gasteiger charge is 2.20. The number of amides is 1. The van der Waals surface area contributed by atoms with Gasteiger partial charge < -0.3 is 9.88 Å². The Labute approximate surface area is 197 Å². The molecule has 0 radical (unpaired) electrons. The van der Waals surface area contributed by atoms with E-state index in [0.717, 1.165) is 17.4 Å². The highest BCUT2D eigenvalue weighted by atomic mass is 35.5. The van der Waals surface area contributed by atoms with Gasteiger partial charge >= 0.3 is 0 Å². The molecule has 4 aromatic rings. The maximum absolute atomic E-state index is 13.3. The number of anilines is 1. The maximum Gasteiger partial charge on any atom is 0.253 e. The zero-order valence-electron chi connectivity index (χ0n) is 18.2. The summed E-state index contributed by atoms with van der Waals surface area (Å²) in [6.07, 6.45) is 1.06. The molecule has 9 heteroatoms. The van der Waals surface area contributed by atoms with E-state index in [1.807, 2.05) is 60.0 Å². The number of fused-ring (bicyclic) bond motifs is 1. The predicted molar refractivity (Wildman–Crippen MR) is 131 cm³/mol. The molecule has 0 bridgehead atoms. The number of carbonyl (C=O) groups is 1. The van der Waals surface area contributed by atoms with Gasteiger partial charge in [-0.05, 0) is 36.2 Å². The smallest absolute Gasteiger partial charge is 0.253 e. The standard InChI is InChI=1S/C24H23ClN4O3S/c1-16-27-22-13-19(28-33(2,31)32)12-20(23(22)29(16)15-17-8-4-3-5-9-17)24(30)26-14-18-10-6-7-11-21(18)25/h3-13,28H,14-15H2,1-2H3,(H,26,30). The van der Waals surface area contributed by atoms with Gasteiger partial charge in [0.2, 0.25) is 10.0 Å². The van der Waals surface area contributed by atoms with Crippen LogP contribution in [0.1, 0.15) is 27.3 Å². The molecule has 1 heterocycles. The van der Waals surface area contributed by atoms with E-state index in [1.54, 1.807) is 12.1 Å². The molecule has 3 aromatic carbocycles. The number of aromatic nitrogens is 2. The van der Waals surface area contributed by atoms with Crippen LogP contribution in [0.4, 0.5) is 5.69 Å². The SMILES string of the molecule is Cc1nc2cc(NS(C)(=O)=O)cc(C(=O)NCc3ccccc3Cl)c2n1Cc1ccccc1. The number of nitrogens with zero attached hydrogens (tertiary/aromatic N) is 2. The van der Waals surface area contributed by atoms with Crippen molar-refractivity contribution in [1.29, 1.82) is 0 Å². The molecular weight excluding hydrogens is 460 g/mol. The minimum Gasteiger partial charge on any atom is -0.348 e. The first-order chi connectivity index (χ1) is 15.7. The molecule has 0 saturated heterocycles. The number of imidazole rings is 1. The maximum atomic E-state index is 13.3. The molecule has 7 nitrogen and oxygen atoms in total. The number of rotatable bonds is 7. The average molecular weight is 483 g/mol. The van der Waals surface area contributed by atoms with E-state index in [-0.39, 0.29) is 18.1 Å². The molecule has 33 heavy (non-hydrogen) atoms. The van der Waals surface area contributed by atoms with Crippen molar-refractivity contribution in [2.45, 2.75) is 20.0 Å². The van der Waals surface area contributed by atoms with E-state index >= 15 is 0 Å². The molecule has 170 valence electrons. The van der Waals surface area contributed by atoms with Crippen molar-refractivity contribution in [3.8, 4) is 0 Å². The number of aryl methyl sites for hydroxylation is 1. The Balaban J connectivity index is 1.78. The van der Waals surface area contributed by atoms with Crippen molar-refractivity contribution in [2.75, 3.05) is 11.0 Å². The Morgan fingerprint density at radius 1 is 1.06 bits per heavy atom. The van der Waals surface area contributed by atoms with E-state index in [4.69, 9.17) is 11.6 Å². The number of sulfonamides is 1. The second-order valence-corrected chi connectivity index (χ2v) is 9.93. The van der Waals surface area contributed by atoms with Gasteiger partial charge in [-0.3, -0.25) is 9.52 Å². The van der Waals surface area contributed by atoms with Crippen molar-refractivity contribution in [3.05, 3.63) is 94.3 Å². The zero-order chi connectivity index (χ0) is 23.6. The normalized spacial score (nSPS) is 11.5. The molecule has 0 atom stereocenters. The van der Waals surface area contributed by atoms with Gasteiger partial charge in [-0.15, -0.1) is 0 Å². The van der Waals surface area contributed by atoms with Crippen molar-refractivity contribution >= 4 is 44.3 Å². The Morgan fingerprint density at radius 2 is 1.76 bits per heavy atom. The topological polar surface area (TPSA) is 93.1 Å². The number of nitrogens with one attached hydrogen (secondary N) is 2. The first kappa shape index (κ1) is 22.8. The molecule has 0 unspecified atom stereocenters. The molecule has 0 fully saturated rings. The molecule has 0 saturated carbocycles. The van der Waals surface area contributed by atoms with Crippen LogP contribution in [-0.4, -0.2) is 30.1 Å². The lowest BCUT2D eigenvalue weighted by Gasteiger charge is -2.13. The third-order valence-electron chi connectivity index (χ3n) is 5.16. The first-order valence-corrected chi connectivity index (χ1v) is 12.5. The van der Waals surface area contributed by atoms with Gasteiger partial charge in [-0.25, -0.2) is 13.4 Å². The molecule has 4 rings (SSSR count). The minimum atomic E-state index is -3.53. The fourth-order valence-electron chi connectivity index (χ4n) is 3.70. The third kappa shape index (κ3) is 5.35. The fraction of sp³-hybridized carbons (Fsp3) is 0.167. The molecule has 1 amide bonds. The van der Waals surface area contributed by atoms with Crippen LogP contribution in [0.3, 0.4) is 0 Å². The lowest BCUT2D eigenvalue weighted by Crippen LogP contribution is -2.24. The monoisotopic (exact) mass is 482 g/mol. The lowest BCUT2D eigenvalue weighted by molar-refractivity contribution is 0.0952. The zero-order valence-corrected chi connectivity index (χ0v) is 19.7. The number of hydrogen-bond donors (Lipinski definition) is 2. The van der Waals surface area contributed by atoms with Crippen LogP contribution < -0.4 is 10.0 Å². The second kappa shape index (κ2) is 9.25. The van der Waals surface area contributed by atoms with Gasteiger partial charge in [0.05, 0.1) is 28.5 Å². The van der Waals surface area contributed by atoms with E-state index in [9.17, 15) is 13.2 Å². The van der Waals surface area contributed by atoms with Crippen molar-refractivity contribution < 1.29 is 13.2 Å². The quantitative estimate of drug-likeness (QED) is 0.409. The van der Waals surface area contributed by atoms with Gasteiger partial charge in [0.15, 0.2) is 0 Å². The molecule has 0 aliphatic rings. The first-order valence-electron chi connectivity index (χ1n) is 10.3. The largest absolute Gasteiger partial charge is 0.348 e. The van der Waals surface area contributed by atoms with Gasteiger partial charge in [0, 0.05) is 18.1 Å². The Hall–Kier alpha value is -3.36. The summed E-state index contributed by atoms with van der Waals surface area (Å²) >= 11 is 6.22. The van der Waals surface area contributed by atoms with Crippen LogP contribution in [0.15, 0.2) is 66.7 Å². The summed E-state index contributed by atoms with van der Waals surface area (Å²) in [5, 5.41) is 3.45. The van der Waals surface area contributed by atoms with Crippen molar-refractivity contribution in [2.24, 2.45) is 0 Å². The number of carbonyl (C=O) groups excluding carboxylic acids is 1. The van der Waals surface area contributed by atoms with Crippen LogP contribution in [0.5, 0.6) is 0 Å². The summed E-state index contributed by atoms with van der Waals surface area (Å²) in [4.78, 5) is 17.9. The van der Waals surface area contributed by atoms with Crippen LogP contribution in [0.2, 0.25) is 5.02 Å². The Morgan fingerprint density at radius 3 is 2.45 bits per heavy atom. The summed E-state index contributed by atoms with van der Waals surface area (Å²) in [5.41, 5.74) is 3.59. The van der Waals surface area contributed by atoms with Crippen LogP contribution in [-0.2, 0) is 23.1 Å². The number of hydrogen-bond acceptors (Lipinski definition) is 4. The molecule has 0 aliphatic heterocycles. The van der Waals surface area contributed by atoms with E-state index < -0.39 is 10.0 Å². The minimum absolute atomic E-state index is 0.232. The average Bonchev–Trinajstić information content (AvgIpc) is 3.06. The van der Waals surface area contributed by atoms with E-state index in [0.29, 0.717) is 34.0 Å². The summed E-state index contributed by atoms with van der Waals surface area (Å²) < 4.78 is 28.1. The third-order valence-corrected chi connectivity index (χ3v) is 6.14.